The van der Waals surface area contributed by atoms with Gasteiger partial charge in [-0.1, -0.05) is 37.1 Å². The van der Waals surface area contributed by atoms with Crippen LogP contribution in [0, 0.1) is 30.8 Å². The standard InChI is InChI=1S/C35H34I2O11S/c36-26-17-21(18-27(37)32(26)49(42,43)44)46-14-16-48-35(41)31-29-24-7-3-1-5-22(24)28(23-6-2-4-8-25(23)29)30(31)34(40)47-15-13-45-20-11-9-19(10-12-20)33(38)39/h1,3,5,7,9-12,17-18,23,25,28-31H,2,4,6,8,13-16H2,(H,38,39)(H,42,43,44)/p-2. The van der Waals surface area contributed by atoms with E-state index >= 15 is 0 Å². The highest BCUT2D eigenvalue weighted by Gasteiger charge is 2.61. The largest absolute Gasteiger partial charge is 0.744 e. The Morgan fingerprint density at radius 3 is 1.63 bits per heavy atom. The predicted octanol–water partition coefficient (Wildman–Crippen LogP) is 4.64. The van der Waals surface area contributed by atoms with E-state index in [0.717, 1.165) is 36.8 Å². The van der Waals surface area contributed by atoms with Gasteiger partial charge < -0.3 is 33.4 Å². The molecule has 11 nitrogen and oxygen atoms in total. The second-order valence-electron chi connectivity index (χ2n) is 12.4. The van der Waals surface area contributed by atoms with Crippen molar-refractivity contribution in [2.45, 2.75) is 42.4 Å². The van der Waals surface area contributed by atoms with Gasteiger partial charge in [0, 0.05) is 19.0 Å². The number of halogens is 2. The summed E-state index contributed by atoms with van der Waals surface area (Å²) < 4.78 is 58.2. The van der Waals surface area contributed by atoms with Gasteiger partial charge in [0.05, 0.1) is 22.7 Å². The van der Waals surface area contributed by atoms with Crippen molar-refractivity contribution in [3.63, 3.8) is 0 Å². The van der Waals surface area contributed by atoms with Crippen LogP contribution in [0.15, 0.2) is 65.6 Å². The quantitative estimate of drug-likeness (QED) is 0.108. The minimum atomic E-state index is -4.66. The molecule has 0 heterocycles. The zero-order valence-electron chi connectivity index (χ0n) is 26.0. The Balaban J connectivity index is 1.16. The van der Waals surface area contributed by atoms with E-state index in [2.05, 4.69) is 12.1 Å². The van der Waals surface area contributed by atoms with Crippen molar-refractivity contribution >= 4 is 73.2 Å². The molecule has 0 aliphatic heterocycles. The number of ether oxygens (including phenoxy) is 4. The molecule has 0 radical (unpaired) electrons. The van der Waals surface area contributed by atoms with Crippen LogP contribution in [0.4, 0.5) is 0 Å². The summed E-state index contributed by atoms with van der Waals surface area (Å²) >= 11 is 3.53. The highest BCUT2D eigenvalue weighted by molar-refractivity contribution is 14.1. The first kappa shape index (κ1) is 35.9. The van der Waals surface area contributed by atoms with Crippen LogP contribution in [0.2, 0.25) is 0 Å². The number of carbonyl (C=O) groups is 3. The van der Waals surface area contributed by atoms with E-state index in [1.807, 2.05) is 12.1 Å². The Morgan fingerprint density at radius 2 is 1.18 bits per heavy atom. The third-order valence-electron chi connectivity index (χ3n) is 9.72. The average molecular weight is 915 g/mol. The SMILES string of the molecule is O=C([O-])c1ccc(OCCOC(=O)C2C(C(=O)OCCOc3cc(I)c(S(=O)(=O)[O-])c(I)c3)C3c4ccccc4C2C2CCCCC23)cc1. The van der Waals surface area contributed by atoms with Crippen molar-refractivity contribution in [1.82, 2.24) is 0 Å². The van der Waals surface area contributed by atoms with Gasteiger partial charge in [0.25, 0.3) is 0 Å². The molecule has 3 aromatic rings. The smallest absolute Gasteiger partial charge is 0.310 e. The maximum Gasteiger partial charge on any atom is 0.310 e. The Kier molecular flexibility index (Phi) is 11.1. The Labute approximate surface area is 311 Å². The molecule has 2 fully saturated rings. The molecule has 0 spiro atoms. The summed E-state index contributed by atoms with van der Waals surface area (Å²) in [6, 6.07) is 16.6. The number of hydrogen-bond acceptors (Lipinski definition) is 11. The van der Waals surface area contributed by atoms with Crippen LogP contribution in [0.5, 0.6) is 11.5 Å². The first-order chi connectivity index (χ1) is 23.5. The molecule has 14 heteroatoms. The summed E-state index contributed by atoms with van der Waals surface area (Å²) in [5.74, 6) is -2.98. The van der Waals surface area contributed by atoms with Crippen molar-refractivity contribution in [3.05, 3.63) is 84.5 Å². The topological polar surface area (TPSA) is 168 Å². The van der Waals surface area contributed by atoms with Gasteiger partial charge >= 0.3 is 11.9 Å². The second kappa shape index (κ2) is 15.1. The molecule has 0 aromatic heterocycles. The third-order valence-corrected chi connectivity index (χ3v) is 13.1. The summed E-state index contributed by atoms with van der Waals surface area (Å²) in [5.41, 5.74) is 2.19. The van der Waals surface area contributed by atoms with Gasteiger partial charge in [0.15, 0.2) is 0 Å². The summed E-state index contributed by atoms with van der Waals surface area (Å²) in [7, 11) is -4.66. The summed E-state index contributed by atoms with van der Waals surface area (Å²) in [5, 5.41) is 11.0. The second-order valence-corrected chi connectivity index (χ2v) is 16.0. The van der Waals surface area contributed by atoms with E-state index in [0.29, 0.717) is 11.5 Å². The lowest BCUT2D eigenvalue weighted by atomic mass is 9.46. The van der Waals surface area contributed by atoms with Crippen molar-refractivity contribution in [1.29, 1.82) is 0 Å². The van der Waals surface area contributed by atoms with E-state index in [-0.39, 0.29) is 67.7 Å². The number of benzene rings is 3. The van der Waals surface area contributed by atoms with E-state index < -0.39 is 39.9 Å². The van der Waals surface area contributed by atoms with E-state index in [1.165, 1.54) is 36.4 Å². The fourth-order valence-electron chi connectivity index (χ4n) is 7.95. The van der Waals surface area contributed by atoms with Gasteiger partial charge in [0.1, 0.15) is 48.0 Å². The molecular weight excluding hydrogens is 882 g/mol. The lowest BCUT2D eigenvalue weighted by Gasteiger charge is -2.57. The molecule has 0 saturated heterocycles. The van der Waals surface area contributed by atoms with Crippen molar-refractivity contribution < 1.29 is 51.4 Å². The van der Waals surface area contributed by atoms with Gasteiger partial charge in [-0.2, -0.15) is 0 Å². The van der Waals surface area contributed by atoms with Crippen LogP contribution in [0.25, 0.3) is 0 Å². The van der Waals surface area contributed by atoms with Crippen LogP contribution in [-0.2, 0) is 29.2 Å². The summed E-state index contributed by atoms with van der Waals surface area (Å²) in [4.78, 5) is 38.6. The number of aromatic carboxylic acids is 1. The van der Waals surface area contributed by atoms with Gasteiger partial charge in [0.2, 0.25) is 0 Å². The molecule has 4 aliphatic carbocycles. The maximum atomic E-state index is 14.0. The molecule has 260 valence electrons. The first-order valence-corrected chi connectivity index (χ1v) is 19.5. The molecular formula is C35H32I2O11S-2. The van der Waals surface area contributed by atoms with Crippen LogP contribution in [0.1, 0.15) is 59.0 Å². The molecule has 7 rings (SSSR count). The Morgan fingerprint density at radius 1 is 0.714 bits per heavy atom. The molecule has 2 bridgehead atoms. The van der Waals surface area contributed by atoms with Crippen LogP contribution >= 0.6 is 45.2 Å². The van der Waals surface area contributed by atoms with Gasteiger partial charge in [-0.25, -0.2) is 8.42 Å². The number of hydrogen-bond donors (Lipinski definition) is 0. The molecule has 6 unspecified atom stereocenters. The third kappa shape index (κ3) is 7.56. The van der Waals surface area contributed by atoms with Crippen LogP contribution in [-0.4, -0.2) is 57.3 Å². The molecule has 6 atom stereocenters. The Hall–Kier alpha value is -2.96. The molecule has 0 N–H and O–H groups in total. The number of fused-ring (bicyclic) bond motifs is 1. The molecule has 2 saturated carbocycles. The van der Waals surface area contributed by atoms with E-state index in [9.17, 15) is 32.5 Å². The van der Waals surface area contributed by atoms with Crippen LogP contribution in [0.3, 0.4) is 0 Å². The summed E-state index contributed by atoms with van der Waals surface area (Å²) in [6.07, 6.45) is 4.05. The van der Waals surface area contributed by atoms with Crippen molar-refractivity contribution in [2.24, 2.45) is 23.7 Å². The maximum absolute atomic E-state index is 14.0. The van der Waals surface area contributed by atoms with E-state index in [1.54, 1.807) is 45.2 Å². The molecule has 4 aliphatic rings. The van der Waals surface area contributed by atoms with Crippen LogP contribution < -0.4 is 14.6 Å². The van der Waals surface area contributed by atoms with E-state index in [4.69, 9.17) is 18.9 Å². The number of rotatable bonds is 12. The van der Waals surface area contributed by atoms with Crippen molar-refractivity contribution in [2.75, 3.05) is 26.4 Å². The Bertz CT molecular complexity index is 1820. The number of esters is 2. The number of carboxylic acids is 1. The fraction of sp³-hybridized carbons (Fsp3) is 0.400. The number of carboxylic acid groups (broad SMARTS) is 1. The minimum absolute atomic E-state index is 0.0218. The predicted molar refractivity (Wildman–Crippen MR) is 188 cm³/mol. The van der Waals surface area contributed by atoms with Gasteiger partial charge in [-0.3, -0.25) is 9.59 Å². The first-order valence-electron chi connectivity index (χ1n) is 15.9. The highest BCUT2D eigenvalue weighted by Crippen LogP contribution is 2.64. The zero-order valence-corrected chi connectivity index (χ0v) is 31.2. The monoisotopic (exact) mass is 914 g/mol. The minimum Gasteiger partial charge on any atom is -0.744 e. The summed E-state index contributed by atoms with van der Waals surface area (Å²) in [6.45, 7) is -0.166. The normalized spacial score (nSPS) is 23.9. The zero-order chi connectivity index (χ0) is 34.9. The van der Waals surface area contributed by atoms with Crippen molar-refractivity contribution in [3.8, 4) is 11.5 Å². The lowest BCUT2D eigenvalue weighted by molar-refractivity contribution is -0.255. The average Bonchev–Trinajstić information content (AvgIpc) is 3.07. The fourth-order valence-corrected chi connectivity index (χ4v) is 11.9. The van der Waals surface area contributed by atoms with Gasteiger partial charge in [-0.15, -0.1) is 0 Å². The lowest BCUT2D eigenvalue weighted by Crippen LogP contribution is -2.55. The molecule has 49 heavy (non-hydrogen) atoms. The highest BCUT2D eigenvalue weighted by atomic mass is 127. The molecule has 3 aromatic carbocycles. The molecule has 0 amide bonds. The van der Waals surface area contributed by atoms with Gasteiger partial charge in [-0.05, 0) is 123 Å². The number of carbonyl (C=O) groups excluding carboxylic acids is 3.